The second-order valence-electron chi connectivity index (χ2n) is 6.53. The largest absolute Gasteiger partial charge is 0.433 e. The molecule has 7 nitrogen and oxygen atoms in total. The van der Waals surface area contributed by atoms with Crippen LogP contribution in [0.1, 0.15) is 21.6 Å². The molecule has 0 atom stereocenters. The maximum absolute atomic E-state index is 12.9. The van der Waals surface area contributed by atoms with Crippen molar-refractivity contribution in [3.8, 4) is 0 Å². The van der Waals surface area contributed by atoms with Crippen LogP contribution in [0.2, 0.25) is 0 Å². The van der Waals surface area contributed by atoms with Gasteiger partial charge in [0, 0.05) is 18.3 Å². The van der Waals surface area contributed by atoms with E-state index in [9.17, 15) is 30.8 Å². The third kappa shape index (κ3) is 6.00. The molecule has 0 bridgehead atoms. The predicted octanol–water partition coefficient (Wildman–Crippen LogP) is 3.41. The number of hydrogen-bond donors (Lipinski definition) is 2. The number of nitrogens with zero attached hydrogens (tertiary/aromatic N) is 2. The van der Waals surface area contributed by atoms with Crippen molar-refractivity contribution < 1.29 is 30.8 Å². The van der Waals surface area contributed by atoms with Crippen LogP contribution in [-0.2, 0) is 22.6 Å². The molecule has 0 spiro atoms. The van der Waals surface area contributed by atoms with Gasteiger partial charge in [-0.3, -0.25) is 4.79 Å². The van der Waals surface area contributed by atoms with Gasteiger partial charge in [0.25, 0.3) is 15.9 Å². The molecule has 0 aliphatic heterocycles. The summed E-state index contributed by atoms with van der Waals surface area (Å²) in [6.07, 6.45) is -3.23. The number of anilines is 1. The van der Waals surface area contributed by atoms with E-state index in [4.69, 9.17) is 0 Å². The molecule has 1 heterocycles. The number of benzene rings is 2. The van der Waals surface area contributed by atoms with Crippen molar-refractivity contribution in [2.24, 2.45) is 0 Å². The Bertz CT molecular complexity index is 1200. The van der Waals surface area contributed by atoms with Crippen molar-refractivity contribution in [2.45, 2.75) is 17.5 Å². The Morgan fingerprint density at radius 2 is 1.62 bits per heavy atom. The standard InChI is InChI=1S/C20H16F4N4O3S/c21-15-5-3-14(4-6-15)18(29)28-32(30,31)16-7-1-13(2-8-16)9-11-25-19-26-12-10-17(27-19)20(22,23)24/h1-8,10,12H,9,11H2,(H,28,29)(H,25,26,27). The summed E-state index contributed by atoms with van der Waals surface area (Å²) in [4.78, 5) is 19.0. The zero-order valence-electron chi connectivity index (χ0n) is 16.2. The fourth-order valence-corrected chi connectivity index (χ4v) is 3.57. The number of hydrogen-bond acceptors (Lipinski definition) is 6. The fraction of sp³-hybridized carbons (Fsp3) is 0.150. The Hall–Kier alpha value is -3.54. The van der Waals surface area contributed by atoms with Gasteiger partial charge in [0.15, 0.2) is 0 Å². The van der Waals surface area contributed by atoms with Gasteiger partial charge in [0.05, 0.1) is 4.90 Å². The Labute approximate surface area is 180 Å². The SMILES string of the molecule is O=C(NS(=O)(=O)c1ccc(CCNc2nccc(C(F)(F)F)n2)cc1)c1ccc(F)cc1. The molecule has 0 fully saturated rings. The number of alkyl halides is 3. The third-order valence-electron chi connectivity index (χ3n) is 4.21. The van der Waals surface area contributed by atoms with Gasteiger partial charge in [-0.25, -0.2) is 27.5 Å². The number of carbonyl (C=O) groups excluding carboxylic acids is 1. The molecule has 2 N–H and O–H groups in total. The average Bonchev–Trinajstić information content (AvgIpc) is 2.74. The van der Waals surface area contributed by atoms with E-state index >= 15 is 0 Å². The first-order chi connectivity index (χ1) is 15.0. The number of amides is 1. The minimum atomic E-state index is -4.58. The molecule has 32 heavy (non-hydrogen) atoms. The van der Waals surface area contributed by atoms with Gasteiger partial charge < -0.3 is 5.32 Å². The van der Waals surface area contributed by atoms with Gasteiger partial charge in [0.1, 0.15) is 11.5 Å². The second kappa shape index (κ2) is 9.30. The lowest BCUT2D eigenvalue weighted by Crippen LogP contribution is -2.30. The number of sulfonamides is 1. The zero-order valence-corrected chi connectivity index (χ0v) is 17.0. The Morgan fingerprint density at radius 3 is 2.25 bits per heavy atom. The van der Waals surface area contributed by atoms with Gasteiger partial charge >= 0.3 is 6.18 Å². The van der Waals surface area contributed by atoms with Crippen LogP contribution in [-0.4, -0.2) is 30.8 Å². The lowest BCUT2D eigenvalue weighted by molar-refractivity contribution is -0.141. The van der Waals surface area contributed by atoms with Crippen molar-refractivity contribution in [3.05, 3.63) is 83.4 Å². The first-order valence-electron chi connectivity index (χ1n) is 9.10. The molecule has 0 radical (unpaired) electrons. The summed E-state index contributed by atoms with van der Waals surface area (Å²) in [7, 11) is -4.15. The van der Waals surface area contributed by atoms with Gasteiger partial charge in [-0.05, 0) is 54.4 Å². The Morgan fingerprint density at radius 1 is 0.969 bits per heavy atom. The molecule has 168 valence electrons. The minimum Gasteiger partial charge on any atom is -0.354 e. The van der Waals surface area contributed by atoms with Gasteiger partial charge in [-0.2, -0.15) is 13.2 Å². The zero-order chi connectivity index (χ0) is 23.4. The molecule has 0 unspecified atom stereocenters. The Balaban J connectivity index is 1.58. The van der Waals surface area contributed by atoms with E-state index < -0.39 is 33.6 Å². The number of aromatic nitrogens is 2. The van der Waals surface area contributed by atoms with E-state index in [1.165, 1.54) is 24.3 Å². The summed E-state index contributed by atoms with van der Waals surface area (Å²) in [5, 5.41) is 2.67. The average molecular weight is 468 g/mol. The lowest BCUT2D eigenvalue weighted by atomic mass is 10.1. The number of halogens is 4. The van der Waals surface area contributed by atoms with Crippen molar-refractivity contribution >= 4 is 21.9 Å². The number of rotatable bonds is 7. The molecule has 0 saturated heterocycles. The molecule has 0 saturated carbocycles. The summed E-state index contributed by atoms with van der Waals surface area (Å²) in [6.45, 7) is 0.203. The monoisotopic (exact) mass is 468 g/mol. The molecule has 1 amide bonds. The summed E-state index contributed by atoms with van der Waals surface area (Å²) in [6, 6.07) is 10.7. The van der Waals surface area contributed by atoms with Crippen LogP contribution < -0.4 is 10.0 Å². The van der Waals surface area contributed by atoms with Crippen molar-refractivity contribution in [2.75, 3.05) is 11.9 Å². The Kier molecular flexibility index (Phi) is 6.72. The molecular formula is C20H16F4N4O3S. The molecule has 3 rings (SSSR count). The van der Waals surface area contributed by atoms with E-state index in [1.807, 2.05) is 4.72 Å². The second-order valence-corrected chi connectivity index (χ2v) is 8.21. The molecule has 0 aliphatic carbocycles. The van der Waals surface area contributed by atoms with Gasteiger partial charge in [0.2, 0.25) is 5.95 Å². The van der Waals surface area contributed by atoms with Crippen molar-refractivity contribution in [1.29, 1.82) is 0 Å². The summed E-state index contributed by atoms with van der Waals surface area (Å²) in [5.74, 6) is -1.64. The van der Waals surface area contributed by atoms with Crippen LogP contribution in [0.25, 0.3) is 0 Å². The van der Waals surface area contributed by atoms with Crippen LogP contribution in [0, 0.1) is 5.82 Å². The molecule has 12 heteroatoms. The predicted molar refractivity (Wildman–Crippen MR) is 107 cm³/mol. The summed E-state index contributed by atoms with van der Waals surface area (Å²) >= 11 is 0. The quantitative estimate of drug-likeness (QED) is 0.516. The van der Waals surface area contributed by atoms with Crippen LogP contribution in [0.15, 0.2) is 65.7 Å². The first kappa shape index (κ1) is 23.1. The van der Waals surface area contributed by atoms with Crippen LogP contribution in [0.3, 0.4) is 0 Å². The van der Waals surface area contributed by atoms with E-state index in [1.54, 1.807) is 0 Å². The first-order valence-corrected chi connectivity index (χ1v) is 10.6. The fourth-order valence-electron chi connectivity index (χ4n) is 2.60. The number of carbonyl (C=O) groups is 1. The lowest BCUT2D eigenvalue weighted by Gasteiger charge is -2.09. The maximum atomic E-state index is 12.9. The number of nitrogens with one attached hydrogen (secondary N) is 2. The van der Waals surface area contributed by atoms with Gasteiger partial charge in [-0.1, -0.05) is 12.1 Å². The van der Waals surface area contributed by atoms with E-state index in [0.717, 1.165) is 36.5 Å². The molecule has 0 aliphatic rings. The molecule has 2 aromatic carbocycles. The smallest absolute Gasteiger partial charge is 0.354 e. The van der Waals surface area contributed by atoms with Gasteiger partial charge in [-0.15, -0.1) is 0 Å². The van der Waals surface area contributed by atoms with E-state index in [0.29, 0.717) is 12.0 Å². The highest BCUT2D eigenvalue weighted by atomic mass is 32.2. The van der Waals surface area contributed by atoms with Crippen molar-refractivity contribution in [1.82, 2.24) is 14.7 Å². The molecule has 1 aromatic heterocycles. The van der Waals surface area contributed by atoms with Crippen molar-refractivity contribution in [3.63, 3.8) is 0 Å². The topological polar surface area (TPSA) is 101 Å². The molecule has 3 aromatic rings. The molecular weight excluding hydrogens is 452 g/mol. The highest BCUT2D eigenvalue weighted by molar-refractivity contribution is 7.90. The minimum absolute atomic E-state index is 0.0190. The maximum Gasteiger partial charge on any atom is 0.433 e. The summed E-state index contributed by atoms with van der Waals surface area (Å²) in [5.41, 5.74) is -0.394. The normalized spacial score (nSPS) is 11.8. The van der Waals surface area contributed by atoms with E-state index in [-0.39, 0.29) is 23.0 Å². The highest BCUT2D eigenvalue weighted by Crippen LogP contribution is 2.27. The van der Waals surface area contributed by atoms with Crippen LogP contribution in [0.4, 0.5) is 23.5 Å². The summed E-state index contributed by atoms with van der Waals surface area (Å²) < 4.78 is 77.6. The third-order valence-corrected chi connectivity index (χ3v) is 5.56. The van der Waals surface area contributed by atoms with Crippen LogP contribution in [0.5, 0.6) is 0 Å². The highest BCUT2D eigenvalue weighted by Gasteiger charge is 2.32. The van der Waals surface area contributed by atoms with Crippen LogP contribution >= 0.6 is 0 Å². The van der Waals surface area contributed by atoms with E-state index in [2.05, 4.69) is 15.3 Å².